The van der Waals surface area contributed by atoms with Gasteiger partial charge in [0.2, 0.25) is 5.91 Å². The van der Waals surface area contributed by atoms with Crippen LogP contribution >= 0.6 is 0 Å². The van der Waals surface area contributed by atoms with Crippen LogP contribution in [0.4, 0.5) is 0 Å². The summed E-state index contributed by atoms with van der Waals surface area (Å²) in [6.45, 7) is 16.2. The molecule has 0 aromatic heterocycles. The number of carbonyl (C=O) groups excluding carboxylic acids is 2. The van der Waals surface area contributed by atoms with Crippen molar-refractivity contribution in [3.8, 4) is 0 Å². The molecule has 8 atom stereocenters. The average Bonchev–Trinajstić information content (AvgIpc) is 3.30. The van der Waals surface area contributed by atoms with Crippen LogP contribution in [-0.2, 0) is 14.3 Å². The van der Waals surface area contributed by atoms with Crippen molar-refractivity contribution in [3.05, 3.63) is 11.6 Å². The molecule has 0 spiro atoms. The zero-order valence-corrected chi connectivity index (χ0v) is 32.9. The molecule has 0 radical (unpaired) electrons. The molecular weight excluding hydrogens is 594 g/mol. The Morgan fingerprint density at radius 1 is 0.854 bits per heavy atom. The molecule has 48 heavy (non-hydrogen) atoms. The summed E-state index contributed by atoms with van der Waals surface area (Å²) < 4.78 is 6.13. The van der Waals surface area contributed by atoms with Crippen LogP contribution in [0.3, 0.4) is 0 Å². The molecule has 3 saturated carbocycles. The molecule has 0 heterocycles. The van der Waals surface area contributed by atoms with Crippen molar-refractivity contribution in [1.82, 2.24) is 4.90 Å². The van der Waals surface area contributed by atoms with E-state index in [0.717, 1.165) is 93.8 Å². The van der Waals surface area contributed by atoms with E-state index in [-0.39, 0.29) is 36.2 Å². The second-order valence-electron chi connectivity index (χ2n) is 18.5. The van der Waals surface area contributed by atoms with Crippen molar-refractivity contribution < 1.29 is 24.1 Å². The van der Waals surface area contributed by atoms with Crippen molar-refractivity contribution in [3.63, 3.8) is 0 Å². The number of carbonyl (C=O) groups is 2. The van der Waals surface area contributed by atoms with E-state index < -0.39 is 0 Å². The second kappa shape index (κ2) is 17.7. The summed E-state index contributed by atoms with van der Waals surface area (Å²) in [7, 11) is 8.62. The number of fused-ring (bicyclic) bond motifs is 5. The largest absolute Gasteiger partial charge is 0.462 e. The molecule has 0 saturated heterocycles. The van der Waals surface area contributed by atoms with Gasteiger partial charge in [0.1, 0.15) is 6.10 Å². The van der Waals surface area contributed by atoms with Gasteiger partial charge in [0.25, 0.3) is 0 Å². The summed E-state index contributed by atoms with van der Waals surface area (Å²) >= 11 is 0. The molecule has 0 bridgehead atoms. The Bertz CT molecular complexity index is 1060. The SMILES string of the molecule is CC(C)CCCC(C)C1CCC2C3CCC=C4CC(OC(=O)CCC(=O)N(CCC[NH+](C)C)CCC[NH+](C)C)CCC4(C)C3CCC12C. The van der Waals surface area contributed by atoms with E-state index in [1.54, 1.807) is 5.57 Å². The van der Waals surface area contributed by atoms with Crippen molar-refractivity contribution in [2.24, 2.45) is 46.3 Å². The fraction of sp³-hybridized carbons (Fsp3) is 0.905. The lowest BCUT2D eigenvalue weighted by Crippen LogP contribution is -3.05. The molecule has 6 nitrogen and oxygen atoms in total. The number of allylic oxidation sites excluding steroid dienone is 1. The first kappa shape index (κ1) is 39.4. The lowest BCUT2D eigenvalue weighted by molar-refractivity contribution is -0.858. The predicted molar refractivity (Wildman–Crippen MR) is 198 cm³/mol. The number of amides is 1. The molecule has 4 rings (SSSR count). The summed E-state index contributed by atoms with van der Waals surface area (Å²) in [6.07, 6.45) is 20.3. The van der Waals surface area contributed by atoms with Crippen LogP contribution in [0.1, 0.15) is 137 Å². The van der Waals surface area contributed by atoms with E-state index in [0.29, 0.717) is 5.41 Å². The second-order valence-corrected chi connectivity index (χ2v) is 18.5. The molecule has 4 aliphatic rings. The molecule has 4 aliphatic carbocycles. The van der Waals surface area contributed by atoms with E-state index in [1.165, 1.54) is 67.6 Å². The first-order chi connectivity index (χ1) is 22.7. The van der Waals surface area contributed by atoms with E-state index in [1.807, 2.05) is 4.90 Å². The van der Waals surface area contributed by atoms with Gasteiger partial charge in [0, 0.05) is 38.8 Å². The Hall–Kier alpha value is -1.40. The zero-order chi connectivity index (χ0) is 35.1. The number of hydrogen-bond acceptors (Lipinski definition) is 3. The minimum absolute atomic E-state index is 0.0397. The molecule has 276 valence electrons. The maximum Gasteiger partial charge on any atom is 0.306 e. The highest BCUT2D eigenvalue weighted by Crippen LogP contribution is 2.66. The summed E-state index contributed by atoms with van der Waals surface area (Å²) in [6, 6.07) is 0. The van der Waals surface area contributed by atoms with Gasteiger partial charge in [0.15, 0.2) is 0 Å². The van der Waals surface area contributed by atoms with E-state index in [2.05, 4.69) is 68.9 Å². The number of ether oxygens (including phenoxy) is 1. The van der Waals surface area contributed by atoms with Gasteiger partial charge in [-0.3, -0.25) is 9.59 Å². The topological polar surface area (TPSA) is 55.5 Å². The van der Waals surface area contributed by atoms with Crippen LogP contribution in [0.15, 0.2) is 11.6 Å². The molecule has 3 fully saturated rings. The number of quaternary nitrogens is 2. The Morgan fingerprint density at radius 2 is 1.54 bits per heavy atom. The molecule has 0 aromatic carbocycles. The molecule has 1 amide bonds. The molecule has 6 heteroatoms. The summed E-state index contributed by atoms with van der Waals surface area (Å²) in [4.78, 5) is 31.1. The quantitative estimate of drug-likeness (QED) is 0.147. The predicted octanol–water partition coefficient (Wildman–Crippen LogP) is 6.01. The maximum atomic E-state index is 13.2. The third-order valence-corrected chi connectivity index (χ3v) is 13.9. The van der Waals surface area contributed by atoms with Gasteiger partial charge in [-0.05, 0) is 97.7 Å². The van der Waals surface area contributed by atoms with Crippen LogP contribution in [0.5, 0.6) is 0 Å². The minimum atomic E-state index is -0.188. The highest BCUT2D eigenvalue weighted by molar-refractivity contribution is 5.81. The highest BCUT2D eigenvalue weighted by atomic mass is 16.5. The van der Waals surface area contributed by atoms with Crippen molar-refractivity contribution in [2.75, 3.05) is 54.4 Å². The highest BCUT2D eigenvalue weighted by Gasteiger charge is 2.58. The maximum absolute atomic E-state index is 13.2. The average molecular weight is 672 g/mol. The van der Waals surface area contributed by atoms with Crippen LogP contribution in [0.2, 0.25) is 0 Å². The number of nitrogens with one attached hydrogen (secondary N) is 2. The van der Waals surface area contributed by atoms with Crippen LogP contribution in [-0.4, -0.2) is 77.3 Å². The normalized spacial score (nSPS) is 32.3. The van der Waals surface area contributed by atoms with Gasteiger partial charge in [-0.2, -0.15) is 0 Å². The van der Waals surface area contributed by atoms with Gasteiger partial charge >= 0.3 is 5.97 Å². The first-order valence-corrected chi connectivity index (χ1v) is 20.5. The molecule has 0 aromatic rings. The van der Waals surface area contributed by atoms with Crippen LogP contribution in [0.25, 0.3) is 0 Å². The lowest BCUT2D eigenvalue weighted by Gasteiger charge is -2.55. The Balaban J connectivity index is 1.30. The fourth-order valence-corrected chi connectivity index (χ4v) is 11.2. The van der Waals surface area contributed by atoms with Gasteiger partial charge in [-0.15, -0.1) is 0 Å². The summed E-state index contributed by atoms with van der Waals surface area (Å²) in [5, 5.41) is 0. The summed E-state index contributed by atoms with van der Waals surface area (Å²) in [5.74, 6) is 4.95. The number of rotatable bonds is 17. The fourth-order valence-electron chi connectivity index (χ4n) is 11.2. The van der Waals surface area contributed by atoms with E-state index in [4.69, 9.17) is 4.74 Å². The Morgan fingerprint density at radius 3 is 2.19 bits per heavy atom. The number of hydrogen-bond donors (Lipinski definition) is 2. The zero-order valence-electron chi connectivity index (χ0n) is 32.9. The molecule has 2 N–H and O–H groups in total. The third kappa shape index (κ3) is 9.89. The summed E-state index contributed by atoms with van der Waals surface area (Å²) in [5.41, 5.74) is 2.33. The van der Waals surface area contributed by atoms with Crippen molar-refractivity contribution in [2.45, 2.75) is 143 Å². The monoisotopic (exact) mass is 672 g/mol. The molecule has 8 unspecified atom stereocenters. The number of esters is 1. The van der Waals surface area contributed by atoms with E-state index in [9.17, 15) is 9.59 Å². The standard InChI is InChI=1S/C42H75N3O3/c1-31(2)14-10-15-32(3)36-18-19-37-35-17-11-16-33-30-34(22-24-41(33,4)38(35)23-25-42(36,37)5)48-40(47)21-20-39(46)45(28-12-26-43(6)7)29-13-27-44(8)9/h16,31-32,34-38H,10-15,17-30H2,1-9H3/p+2. The Kier molecular flexibility index (Phi) is 14.5. The van der Waals surface area contributed by atoms with Crippen molar-refractivity contribution >= 4 is 11.9 Å². The van der Waals surface area contributed by atoms with Gasteiger partial charge in [0.05, 0.1) is 47.7 Å². The first-order valence-electron chi connectivity index (χ1n) is 20.5. The van der Waals surface area contributed by atoms with Crippen LogP contribution < -0.4 is 9.80 Å². The molecular formula is C42H77N3O3+2. The van der Waals surface area contributed by atoms with Crippen LogP contribution in [0, 0.1) is 46.3 Å². The third-order valence-electron chi connectivity index (χ3n) is 13.9. The van der Waals surface area contributed by atoms with Gasteiger partial charge in [-0.25, -0.2) is 0 Å². The Labute approximate surface area is 296 Å². The molecule has 0 aliphatic heterocycles. The van der Waals surface area contributed by atoms with Gasteiger partial charge < -0.3 is 19.4 Å². The number of nitrogens with zero attached hydrogens (tertiary/aromatic N) is 1. The lowest BCUT2D eigenvalue weighted by atomic mass is 9.49. The smallest absolute Gasteiger partial charge is 0.306 e. The van der Waals surface area contributed by atoms with Gasteiger partial charge in [-0.1, -0.05) is 65.5 Å². The van der Waals surface area contributed by atoms with E-state index >= 15 is 0 Å². The van der Waals surface area contributed by atoms with Crippen molar-refractivity contribution in [1.29, 1.82) is 0 Å². The minimum Gasteiger partial charge on any atom is -0.462 e.